The fourth-order valence-corrected chi connectivity index (χ4v) is 5.14. The molecule has 0 radical (unpaired) electrons. The van der Waals surface area contributed by atoms with E-state index in [1.54, 1.807) is 21.5 Å². The van der Waals surface area contributed by atoms with Crippen LogP contribution in [0.15, 0.2) is 84.9 Å². The topological polar surface area (TPSA) is 70.5 Å². The number of fused-ring (bicyclic) bond motifs is 4. The average Bonchev–Trinajstić information content (AvgIpc) is 3.29. The van der Waals surface area contributed by atoms with Gasteiger partial charge in [0.2, 0.25) is 0 Å². The minimum absolute atomic E-state index is 0.195. The van der Waals surface area contributed by atoms with E-state index in [0.29, 0.717) is 22.8 Å². The Morgan fingerprint density at radius 3 is 2.12 bits per heavy atom. The van der Waals surface area contributed by atoms with Crippen molar-refractivity contribution in [3.63, 3.8) is 0 Å². The summed E-state index contributed by atoms with van der Waals surface area (Å²) < 4.78 is 1.71. The van der Waals surface area contributed by atoms with E-state index in [0.717, 1.165) is 16.9 Å². The highest BCUT2D eigenvalue weighted by molar-refractivity contribution is 6.21. The fraction of sp³-hybridized carbons (Fsp3) is 0.115. The molecule has 3 heterocycles. The maximum Gasteiger partial charge on any atom is 0.329 e. The van der Waals surface area contributed by atoms with E-state index >= 15 is 0 Å². The standard InChI is InChI=1S/C26H21N5O2/c1-17-22-23(31(28-17)19-13-7-4-8-14-19)27-25(33)30(18-11-5-3-6-12-18)26(22)20-15-9-10-16-21(20)29(2)24(26)32/h3-16H,1-2H3,(H,27,33)/t26-/m0/s1. The lowest BCUT2D eigenvalue weighted by Crippen LogP contribution is -2.60. The van der Waals surface area contributed by atoms with E-state index in [9.17, 15) is 9.59 Å². The molecule has 1 aromatic heterocycles. The Kier molecular flexibility index (Phi) is 3.98. The Bertz CT molecular complexity index is 1410. The third-order valence-electron chi connectivity index (χ3n) is 6.47. The molecule has 0 fully saturated rings. The molecule has 3 amide bonds. The van der Waals surface area contributed by atoms with Crippen LogP contribution in [0.2, 0.25) is 0 Å². The van der Waals surface area contributed by atoms with Crippen molar-refractivity contribution in [2.45, 2.75) is 12.5 Å². The molecule has 0 bridgehead atoms. The molecule has 7 heteroatoms. The summed E-state index contributed by atoms with van der Waals surface area (Å²) in [6, 6.07) is 26.2. The number of para-hydroxylation sites is 3. The maximum absolute atomic E-state index is 14.2. The van der Waals surface area contributed by atoms with Gasteiger partial charge in [-0.3, -0.25) is 15.0 Å². The molecule has 1 atom stereocenters. The van der Waals surface area contributed by atoms with Gasteiger partial charge < -0.3 is 4.90 Å². The molecule has 3 aromatic carbocycles. The van der Waals surface area contributed by atoms with E-state index in [2.05, 4.69) is 5.32 Å². The SMILES string of the molecule is Cc1nn(-c2ccccc2)c2c1[C@@]1(C(=O)N(C)c3ccccc31)N(c1ccccc1)C(=O)N2. The Hall–Kier alpha value is -4.39. The second-order valence-corrected chi connectivity index (χ2v) is 8.25. The Labute approximate surface area is 190 Å². The average molecular weight is 435 g/mol. The summed E-state index contributed by atoms with van der Waals surface area (Å²) in [7, 11) is 1.75. The van der Waals surface area contributed by atoms with Crippen molar-refractivity contribution in [1.82, 2.24) is 9.78 Å². The number of aromatic nitrogens is 2. The van der Waals surface area contributed by atoms with Crippen molar-refractivity contribution in [3.8, 4) is 5.69 Å². The Morgan fingerprint density at radius 2 is 1.42 bits per heavy atom. The van der Waals surface area contributed by atoms with Gasteiger partial charge in [0.1, 0.15) is 5.82 Å². The van der Waals surface area contributed by atoms with E-state index in [4.69, 9.17) is 5.10 Å². The number of hydrogen-bond donors (Lipinski definition) is 1. The van der Waals surface area contributed by atoms with Crippen molar-refractivity contribution < 1.29 is 9.59 Å². The molecule has 0 saturated heterocycles. The zero-order valence-electron chi connectivity index (χ0n) is 18.2. The lowest BCUT2D eigenvalue weighted by atomic mass is 9.80. The number of aryl methyl sites for hydroxylation is 1. The molecule has 2 aliphatic heterocycles. The summed E-state index contributed by atoms with van der Waals surface area (Å²) in [6.07, 6.45) is 0. The molecule has 162 valence electrons. The van der Waals surface area contributed by atoms with Crippen LogP contribution >= 0.6 is 0 Å². The number of nitrogens with zero attached hydrogens (tertiary/aromatic N) is 4. The normalized spacial score (nSPS) is 19.0. The summed E-state index contributed by atoms with van der Waals surface area (Å²) in [5.41, 5.74) is 2.94. The number of benzene rings is 3. The fourth-order valence-electron chi connectivity index (χ4n) is 5.14. The molecule has 6 rings (SSSR count). The van der Waals surface area contributed by atoms with Crippen molar-refractivity contribution in [2.24, 2.45) is 0 Å². The zero-order chi connectivity index (χ0) is 22.7. The third-order valence-corrected chi connectivity index (χ3v) is 6.47. The lowest BCUT2D eigenvalue weighted by molar-refractivity contribution is -0.121. The summed E-state index contributed by atoms with van der Waals surface area (Å²) in [5, 5.41) is 7.81. The largest absolute Gasteiger partial charge is 0.329 e. The first kappa shape index (κ1) is 19.3. The molecule has 7 nitrogen and oxygen atoms in total. The smallest absolute Gasteiger partial charge is 0.312 e. The van der Waals surface area contributed by atoms with Crippen LogP contribution in [0.5, 0.6) is 0 Å². The third kappa shape index (κ3) is 2.41. The molecular formula is C26H21N5O2. The molecule has 1 N–H and O–H groups in total. The van der Waals surface area contributed by atoms with E-state index in [-0.39, 0.29) is 11.9 Å². The van der Waals surface area contributed by atoms with Crippen molar-refractivity contribution in [1.29, 1.82) is 0 Å². The molecular weight excluding hydrogens is 414 g/mol. The predicted molar refractivity (Wildman–Crippen MR) is 127 cm³/mol. The van der Waals surface area contributed by atoms with Gasteiger partial charge in [-0.15, -0.1) is 0 Å². The maximum atomic E-state index is 14.2. The number of rotatable bonds is 2. The monoisotopic (exact) mass is 435 g/mol. The van der Waals surface area contributed by atoms with Gasteiger partial charge >= 0.3 is 6.03 Å². The van der Waals surface area contributed by atoms with Crippen LogP contribution in [-0.2, 0) is 10.3 Å². The number of anilines is 3. The highest BCUT2D eigenvalue weighted by Crippen LogP contribution is 2.54. The minimum atomic E-state index is -1.37. The van der Waals surface area contributed by atoms with Gasteiger partial charge in [0.25, 0.3) is 5.91 Å². The van der Waals surface area contributed by atoms with Crippen LogP contribution in [0.1, 0.15) is 16.8 Å². The van der Waals surface area contributed by atoms with Crippen LogP contribution in [0, 0.1) is 6.92 Å². The van der Waals surface area contributed by atoms with Crippen molar-refractivity contribution >= 4 is 29.1 Å². The molecule has 2 aliphatic rings. The quantitative estimate of drug-likeness (QED) is 0.506. The van der Waals surface area contributed by atoms with Crippen molar-refractivity contribution in [2.75, 3.05) is 22.2 Å². The van der Waals surface area contributed by atoms with E-state index in [1.807, 2.05) is 91.9 Å². The first-order chi connectivity index (χ1) is 16.0. The van der Waals surface area contributed by atoms with Crippen LogP contribution < -0.4 is 15.1 Å². The summed E-state index contributed by atoms with van der Waals surface area (Å²) in [4.78, 5) is 31.2. The highest BCUT2D eigenvalue weighted by Gasteiger charge is 2.62. The van der Waals surface area contributed by atoms with Gasteiger partial charge in [-0.25, -0.2) is 9.48 Å². The Morgan fingerprint density at radius 1 is 0.818 bits per heavy atom. The van der Waals surface area contributed by atoms with E-state index < -0.39 is 5.54 Å². The number of carbonyl (C=O) groups excluding carboxylic acids is 2. The van der Waals surface area contributed by atoms with Gasteiger partial charge in [0.05, 0.1) is 16.9 Å². The number of urea groups is 1. The van der Waals surface area contributed by atoms with Crippen LogP contribution in [0.25, 0.3) is 5.69 Å². The van der Waals surface area contributed by atoms with Crippen molar-refractivity contribution in [3.05, 3.63) is 102 Å². The summed E-state index contributed by atoms with van der Waals surface area (Å²) in [6.45, 7) is 1.88. The first-order valence-electron chi connectivity index (χ1n) is 10.7. The van der Waals surface area contributed by atoms with Gasteiger partial charge in [-0.1, -0.05) is 54.6 Å². The number of carbonyl (C=O) groups is 2. The lowest BCUT2D eigenvalue weighted by Gasteiger charge is -2.43. The molecule has 33 heavy (non-hydrogen) atoms. The van der Waals surface area contributed by atoms with Gasteiger partial charge in [0, 0.05) is 24.0 Å². The number of likely N-dealkylation sites (N-methyl/N-ethyl adjacent to an activating group) is 1. The van der Waals surface area contributed by atoms with Crippen LogP contribution in [0.3, 0.4) is 0 Å². The summed E-state index contributed by atoms with van der Waals surface area (Å²) >= 11 is 0. The second kappa shape index (κ2) is 6.80. The van der Waals surface area contributed by atoms with Gasteiger partial charge in [0.15, 0.2) is 5.54 Å². The predicted octanol–water partition coefficient (Wildman–Crippen LogP) is 4.45. The Balaban J connectivity index is 1.74. The van der Waals surface area contributed by atoms with Gasteiger partial charge in [-0.05, 0) is 37.3 Å². The molecule has 1 spiro atoms. The summed E-state index contributed by atoms with van der Waals surface area (Å²) in [5.74, 6) is 0.314. The van der Waals surface area contributed by atoms with Crippen LogP contribution in [0.4, 0.5) is 22.0 Å². The first-order valence-corrected chi connectivity index (χ1v) is 10.7. The molecule has 4 aromatic rings. The molecule has 0 unspecified atom stereocenters. The number of nitrogens with one attached hydrogen (secondary N) is 1. The molecule has 0 saturated carbocycles. The number of hydrogen-bond acceptors (Lipinski definition) is 3. The second-order valence-electron chi connectivity index (χ2n) is 8.25. The van der Waals surface area contributed by atoms with E-state index in [1.165, 1.54) is 0 Å². The van der Waals surface area contributed by atoms with Crippen LogP contribution in [-0.4, -0.2) is 28.8 Å². The minimum Gasteiger partial charge on any atom is -0.312 e. The highest BCUT2D eigenvalue weighted by atomic mass is 16.2. The van der Waals surface area contributed by atoms with Gasteiger partial charge in [-0.2, -0.15) is 5.10 Å². The number of amides is 3. The zero-order valence-corrected chi connectivity index (χ0v) is 18.2. The molecule has 0 aliphatic carbocycles.